The number of benzene rings is 1. The molecule has 0 saturated carbocycles. The Labute approximate surface area is 111 Å². The van der Waals surface area contributed by atoms with Crippen molar-refractivity contribution in [2.24, 2.45) is 0 Å². The van der Waals surface area contributed by atoms with Gasteiger partial charge in [0.1, 0.15) is 0 Å². The van der Waals surface area contributed by atoms with E-state index < -0.39 is 5.97 Å². The Bertz CT molecular complexity index is 539. The molecule has 0 amide bonds. The zero-order valence-corrected chi connectivity index (χ0v) is 10.7. The van der Waals surface area contributed by atoms with Gasteiger partial charge in [-0.3, -0.25) is 4.79 Å². The number of aryl methyl sites for hydroxylation is 2. The minimum absolute atomic E-state index is 0.0172. The number of hydrogen-bond donors (Lipinski definition) is 1. The Morgan fingerprint density at radius 1 is 1.32 bits per heavy atom. The molecule has 6 nitrogen and oxygen atoms in total. The van der Waals surface area contributed by atoms with E-state index >= 15 is 0 Å². The van der Waals surface area contributed by atoms with Crippen LogP contribution in [0, 0.1) is 0 Å². The smallest absolute Gasteiger partial charge is 0.305 e. The maximum atomic E-state index is 10.7. The normalized spacial score (nSPS) is 12.3. The Balaban J connectivity index is 2.01. The molecule has 1 unspecified atom stereocenters. The van der Waals surface area contributed by atoms with Crippen LogP contribution in [0.5, 0.6) is 0 Å². The van der Waals surface area contributed by atoms with Gasteiger partial charge in [-0.1, -0.05) is 30.3 Å². The van der Waals surface area contributed by atoms with Gasteiger partial charge in [-0.2, -0.15) is 0 Å². The van der Waals surface area contributed by atoms with Crippen LogP contribution in [0.3, 0.4) is 0 Å². The molecule has 6 heteroatoms. The van der Waals surface area contributed by atoms with Crippen LogP contribution in [-0.2, 0) is 17.6 Å². The molecule has 0 bridgehead atoms. The van der Waals surface area contributed by atoms with Gasteiger partial charge < -0.3 is 5.11 Å². The second-order valence-corrected chi connectivity index (χ2v) is 4.47. The number of aliphatic carboxylic acids is 1. The second-order valence-electron chi connectivity index (χ2n) is 4.47. The number of rotatable bonds is 6. The highest BCUT2D eigenvalue weighted by Gasteiger charge is 2.15. The average molecular weight is 260 g/mol. The molecule has 1 aromatic heterocycles. The van der Waals surface area contributed by atoms with Crippen molar-refractivity contribution in [1.82, 2.24) is 20.2 Å². The molecule has 0 saturated heterocycles. The van der Waals surface area contributed by atoms with E-state index in [4.69, 9.17) is 5.11 Å². The maximum absolute atomic E-state index is 10.7. The molecule has 1 aromatic carbocycles. The standard InChI is InChI=1S/C13H16N4O2/c1-10(9-13(18)19)17-12(14-15-16-17)8-7-11-5-3-2-4-6-11/h2-6,10H,7-9H2,1H3,(H,18,19). The van der Waals surface area contributed by atoms with Crippen LogP contribution >= 0.6 is 0 Å². The van der Waals surface area contributed by atoms with E-state index in [0.717, 1.165) is 12.2 Å². The summed E-state index contributed by atoms with van der Waals surface area (Å²) in [7, 11) is 0. The van der Waals surface area contributed by atoms with Gasteiger partial charge in [0.15, 0.2) is 5.82 Å². The summed E-state index contributed by atoms with van der Waals surface area (Å²) in [6.07, 6.45) is 1.55. The molecule has 2 aromatic rings. The first-order chi connectivity index (χ1) is 9.16. The maximum Gasteiger partial charge on any atom is 0.305 e. The highest BCUT2D eigenvalue weighted by molar-refractivity contribution is 5.67. The number of carboxylic acid groups (broad SMARTS) is 1. The molecule has 0 aliphatic rings. The summed E-state index contributed by atoms with van der Waals surface area (Å²) < 4.78 is 1.59. The number of carboxylic acids is 1. The van der Waals surface area contributed by atoms with E-state index in [1.165, 1.54) is 5.56 Å². The number of tetrazole rings is 1. The van der Waals surface area contributed by atoms with Crippen molar-refractivity contribution in [2.45, 2.75) is 32.2 Å². The minimum Gasteiger partial charge on any atom is -0.481 e. The van der Waals surface area contributed by atoms with Gasteiger partial charge in [-0.25, -0.2) is 4.68 Å². The summed E-state index contributed by atoms with van der Waals surface area (Å²) in [4.78, 5) is 10.7. The van der Waals surface area contributed by atoms with E-state index in [1.54, 1.807) is 11.6 Å². The summed E-state index contributed by atoms with van der Waals surface area (Å²) in [5, 5.41) is 20.3. The SMILES string of the molecule is CC(CC(=O)O)n1nnnc1CCc1ccccc1. The van der Waals surface area contributed by atoms with E-state index in [2.05, 4.69) is 27.7 Å². The lowest BCUT2D eigenvalue weighted by Gasteiger charge is -2.10. The van der Waals surface area contributed by atoms with Crippen LogP contribution in [0.1, 0.15) is 30.8 Å². The molecule has 0 aliphatic carbocycles. The molecule has 100 valence electrons. The van der Waals surface area contributed by atoms with Crippen LogP contribution in [0.4, 0.5) is 0 Å². The fourth-order valence-electron chi connectivity index (χ4n) is 1.96. The Hall–Kier alpha value is -2.24. The van der Waals surface area contributed by atoms with Crippen molar-refractivity contribution in [3.05, 3.63) is 41.7 Å². The summed E-state index contributed by atoms with van der Waals surface area (Å²) in [6, 6.07) is 9.82. The van der Waals surface area contributed by atoms with Crippen molar-refractivity contribution in [2.75, 3.05) is 0 Å². The predicted octanol–water partition coefficient (Wildman–Crippen LogP) is 1.49. The third-order valence-electron chi connectivity index (χ3n) is 2.93. The molecule has 0 fully saturated rings. The number of nitrogens with zero attached hydrogens (tertiary/aromatic N) is 4. The molecule has 2 rings (SSSR count). The first kappa shape index (κ1) is 13.2. The van der Waals surface area contributed by atoms with Gasteiger partial charge in [0, 0.05) is 6.42 Å². The quantitative estimate of drug-likeness (QED) is 0.851. The highest BCUT2D eigenvalue weighted by Crippen LogP contribution is 2.12. The number of hydrogen-bond acceptors (Lipinski definition) is 4. The van der Waals surface area contributed by atoms with Gasteiger partial charge in [0.2, 0.25) is 0 Å². The molecule has 1 heterocycles. The molecular formula is C13H16N4O2. The van der Waals surface area contributed by atoms with Crippen LogP contribution in [0.25, 0.3) is 0 Å². The van der Waals surface area contributed by atoms with Crippen molar-refractivity contribution < 1.29 is 9.90 Å². The minimum atomic E-state index is -0.850. The van der Waals surface area contributed by atoms with E-state index in [1.807, 2.05) is 18.2 Å². The fourth-order valence-corrected chi connectivity index (χ4v) is 1.96. The topological polar surface area (TPSA) is 80.9 Å². The summed E-state index contributed by atoms with van der Waals surface area (Å²) in [6.45, 7) is 1.80. The van der Waals surface area contributed by atoms with E-state index in [-0.39, 0.29) is 12.5 Å². The average Bonchev–Trinajstić information content (AvgIpc) is 2.85. The van der Waals surface area contributed by atoms with E-state index in [9.17, 15) is 4.79 Å². The zero-order valence-electron chi connectivity index (χ0n) is 10.7. The molecular weight excluding hydrogens is 244 g/mol. The molecule has 0 spiro atoms. The summed E-state index contributed by atoms with van der Waals surface area (Å²) in [5.41, 5.74) is 1.21. The van der Waals surface area contributed by atoms with Crippen LogP contribution in [0.15, 0.2) is 30.3 Å². The fraction of sp³-hybridized carbons (Fsp3) is 0.385. The van der Waals surface area contributed by atoms with Crippen LogP contribution in [-0.4, -0.2) is 31.3 Å². The summed E-state index contributed by atoms with van der Waals surface area (Å²) >= 11 is 0. The van der Waals surface area contributed by atoms with Gasteiger partial charge in [0.05, 0.1) is 12.5 Å². The molecule has 0 aliphatic heterocycles. The molecule has 1 atom stereocenters. The van der Waals surface area contributed by atoms with Gasteiger partial charge in [-0.15, -0.1) is 5.10 Å². The first-order valence-corrected chi connectivity index (χ1v) is 6.19. The van der Waals surface area contributed by atoms with Crippen LogP contribution in [0.2, 0.25) is 0 Å². The van der Waals surface area contributed by atoms with Gasteiger partial charge >= 0.3 is 5.97 Å². The van der Waals surface area contributed by atoms with Crippen molar-refractivity contribution in [3.63, 3.8) is 0 Å². The Kier molecular flexibility index (Phi) is 4.22. The Morgan fingerprint density at radius 2 is 2.05 bits per heavy atom. The monoisotopic (exact) mass is 260 g/mol. The lowest BCUT2D eigenvalue weighted by atomic mass is 10.1. The van der Waals surface area contributed by atoms with Crippen molar-refractivity contribution in [3.8, 4) is 0 Å². The van der Waals surface area contributed by atoms with Crippen molar-refractivity contribution >= 4 is 5.97 Å². The largest absolute Gasteiger partial charge is 0.481 e. The van der Waals surface area contributed by atoms with Crippen LogP contribution < -0.4 is 0 Å². The molecule has 0 radical (unpaired) electrons. The number of aromatic nitrogens is 4. The summed E-state index contributed by atoms with van der Waals surface area (Å²) in [5.74, 6) is -0.130. The molecule has 1 N–H and O–H groups in total. The highest BCUT2D eigenvalue weighted by atomic mass is 16.4. The lowest BCUT2D eigenvalue weighted by molar-refractivity contribution is -0.137. The first-order valence-electron chi connectivity index (χ1n) is 6.19. The van der Waals surface area contributed by atoms with Crippen molar-refractivity contribution in [1.29, 1.82) is 0 Å². The van der Waals surface area contributed by atoms with Gasteiger partial charge in [-0.05, 0) is 29.3 Å². The third kappa shape index (κ3) is 3.61. The zero-order chi connectivity index (χ0) is 13.7. The number of carbonyl (C=O) groups is 1. The molecule has 19 heavy (non-hydrogen) atoms. The second kappa shape index (κ2) is 6.08. The third-order valence-corrected chi connectivity index (χ3v) is 2.93. The Morgan fingerprint density at radius 3 is 2.74 bits per heavy atom. The van der Waals surface area contributed by atoms with E-state index in [0.29, 0.717) is 6.42 Å². The predicted molar refractivity (Wildman–Crippen MR) is 68.6 cm³/mol. The lowest BCUT2D eigenvalue weighted by Crippen LogP contribution is -2.15. The van der Waals surface area contributed by atoms with Gasteiger partial charge in [0.25, 0.3) is 0 Å².